The van der Waals surface area contributed by atoms with E-state index in [0.29, 0.717) is 6.61 Å². The van der Waals surface area contributed by atoms with Gasteiger partial charge in [-0.25, -0.2) is 0 Å². The van der Waals surface area contributed by atoms with E-state index < -0.39 is 0 Å². The van der Waals surface area contributed by atoms with Gasteiger partial charge in [-0.05, 0) is 43.0 Å². The van der Waals surface area contributed by atoms with Crippen LogP contribution < -0.4 is 10.1 Å². The van der Waals surface area contributed by atoms with Gasteiger partial charge in [0, 0.05) is 32.2 Å². The summed E-state index contributed by atoms with van der Waals surface area (Å²) in [6.07, 6.45) is 0. The minimum Gasteiger partial charge on any atom is -0.491 e. The Hall–Kier alpha value is -1.88. The van der Waals surface area contributed by atoms with Gasteiger partial charge in [-0.15, -0.1) is 0 Å². The number of hydrogen-bond acceptors (Lipinski definition) is 4. The summed E-state index contributed by atoms with van der Waals surface area (Å²) in [6.45, 7) is 12.6. The van der Waals surface area contributed by atoms with Crippen LogP contribution in [0.1, 0.15) is 29.2 Å². The molecule has 1 aliphatic heterocycles. The Morgan fingerprint density at radius 3 is 2.44 bits per heavy atom. The number of morpholine rings is 1. The number of nitrogens with one attached hydrogen (secondary N) is 1. The van der Waals surface area contributed by atoms with E-state index in [1.165, 1.54) is 22.3 Å². The van der Waals surface area contributed by atoms with Crippen molar-refractivity contribution in [2.24, 2.45) is 0 Å². The van der Waals surface area contributed by atoms with E-state index in [9.17, 15) is 0 Å². The smallest absolute Gasteiger partial charge is 0.125 e. The molecule has 4 nitrogen and oxygen atoms in total. The highest BCUT2D eigenvalue weighted by Gasteiger charge is 2.11. The predicted octanol–water partition coefficient (Wildman–Crippen LogP) is 3.69. The quantitative estimate of drug-likeness (QED) is 0.770. The first-order chi connectivity index (χ1) is 13.1. The Bertz CT molecular complexity index is 706. The lowest BCUT2D eigenvalue weighted by molar-refractivity contribution is 0.0342. The molecule has 1 fully saturated rings. The van der Waals surface area contributed by atoms with Crippen LogP contribution in [0.4, 0.5) is 0 Å². The van der Waals surface area contributed by atoms with Gasteiger partial charge >= 0.3 is 0 Å². The van der Waals surface area contributed by atoms with Gasteiger partial charge in [0.15, 0.2) is 0 Å². The van der Waals surface area contributed by atoms with E-state index in [1.54, 1.807) is 0 Å². The Morgan fingerprint density at radius 1 is 1.04 bits per heavy atom. The van der Waals surface area contributed by atoms with Crippen molar-refractivity contribution in [1.29, 1.82) is 0 Å². The van der Waals surface area contributed by atoms with Crippen LogP contribution in [0.15, 0.2) is 42.5 Å². The molecule has 0 amide bonds. The highest BCUT2D eigenvalue weighted by Crippen LogP contribution is 2.22. The lowest BCUT2D eigenvalue weighted by atomic mass is 10.1. The third kappa shape index (κ3) is 6.06. The second-order valence-electron chi connectivity index (χ2n) is 7.52. The number of para-hydroxylation sites is 1. The lowest BCUT2D eigenvalue weighted by Gasteiger charge is -2.26. The van der Waals surface area contributed by atoms with Crippen molar-refractivity contribution >= 4 is 0 Å². The first kappa shape index (κ1) is 19.9. The standard InChI is InChI=1S/C23H32N2O2/c1-18-6-4-7-19(2)23(18)27-17-20(3)24-15-21-8-5-9-22(14-21)16-25-10-12-26-13-11-25/h4-9,14,20,24H,10-13,15-17H2,1-3H3/t20-/m0/s1. The fraction of sp³-hybridized carbons (Fsp3) is 0.478. The molecule has 0 spiro atoms. The molecule has 1 atom stereocenters. The normalized spacial score (nSPS) is 16.3. The van der Waals surface area contributed by atoms with Crippen molar-refractivity contribution in [2.45, 2.75) is 39.9 Å². The van der Waals surface area contributed by atoms with E-state index in [1.807, 2.05) is 0 Å². The highest BCUT2D eigenvalue weighted by atomic mass is 16.5. The van der Waals surface area contributed by atoms with Gasteiger partial charge < -0.3 is 14.8 Å². The van der Waals surface area contributed by atoms with Crippen LogP contribution in [0.5, 0.6) is 5.75 Å². The molecular formula is C23H32N2O2. The summed E-state index contributed by atoms with van der Waals surface area (Å²) in [5.41, 5.74) is 5.08. The predicted molar refractivity (Wildman–Crippen MR) is 110 cm³/mol. The average Bonchev–Trinajstić information content (AvgIpc) is 2.67. The molecule has 27 heavy (non-hydrogen) atoms. The zero-order valence-electron chi connectivity index (χ0n) is 16.8. The van der Waals surface area contributed by atoms with Crippen molar-refractivity contribution in [3.8, 4) is 5.75 Å². The maximum Gasteiger partial charge on any atom is 0.125 e. The van der Waals surface area contributed by atoms with Gasteiger partial charge in [0.25, 0.3) is 0 Å². The van der Waals surface area contributed by atoms with Crippen molar-refractivity contribution in [1.82, 2.24) is 10.2 Å². The molecule has 0 aromatic heterocycles. The van der Waals surface area contributed by atoms with Crippen LogP contribution in [0.3, 0.4) is 0 Å². The minimum atomic E-state index is 0.284. The molecule has 2 aromatic carbocycles. The first-order valence-corrected chi connectivity index (χ1v) is 9.92. The number of ether oxygens (including phenoxy) is 2. The van der Waals surface area contributed by atoms with Crippen molar-refractivity contribution in [3.05, 3.63) is 64.7 Å². The second-order valence-corrected chi connectivity index (χ2v) is 7.52. The maximum absolute atomic E-state index is 6.06. The summed E-state index contributed by atoms with van der Waals surface area (Å²) < 4.78 is 11.5. The molecule has 0 unspecified atom stereocenters. The van der Waals surface area contributed by atoms with Gasteiger partial charge in [-0.2, -0.15) is 0 Å². The van der Waals surface area contributed by atoms with Crippen LogP contribution in [0, 0.1) is 13.8 Å². The SMILES string of the molecule is Cc1cccc(C)c1OC[C@H](C)NCc1cccc(CN2CCOCC2)c1. The molecule has 0 saturated carbocycles. The van der Waals surface area contributed by atoms with Crippen LogP contribution in [0.2, 0.25) is 0 Å². The maximum atomic E-state index is 6.06. The summed E-state index contributed by atoms with van der Waals surface area (Å²) >= 11 is 0. The van der Waals surface area contributed by atoms with E-state index in [4.69, 9.17) is 9.47 Å². The molecule has 0 bridgehead atoms. The number of rotatable bonds is 8. The monoisotopic (exact) mass is 368 g/mol. The molecule has 2 aromatic rings. The zero-order valence-corrected chi connectivity index (χ0v) is 16.8. The molecule has 1 N–H and O–H groups in total. The third-order valence-electron chi connectivity index (χ3n) is 5.04. The molecule has 1 heterocycles. The van der Waals surface area contributed by atoms with Gasteiger partial charge in [-0.1, -0.05) is 42.5 Å². The number of benzene rings is 2. The molecule has 4 heteroatoms. The van der Waals surface area contributed by atoms with E-state index in [-0.39, 0.29) is 6.04 Å². The van der Waals surface area contributed by atoms with E-state index in [0.717, 1.165) is 45.1 Å². The Kier molecular flexibility index (Phi) is 7.27. The Balaban J connectivity index is 1.47. The average molecular weight is 369 g/mol. The highest BCUT2D eigenvalue weighted by molar-refractivity contribution is 5.39. The molecule has 0 radical (unpaired) electrons. The van der Waals surface area contributed by atoms with Gasteiger partial charge in [-0.3, -0.25) is 4.90 Å². The summed E-state index contributed by atoms with van der Waals surface area (Å²) in [4.78, 5) is 2.46. The second kappa shape index (κ2) is 9.88. The molecule has 1 aliphatic rings. The van der Waals surface area contributed by atoms with E-state index >= 15 is 0 Å². The molecular weight excluding hydrogens is 336 g/mol. The van der Waals surface area contributed by atoms with Crippen molar-refractivity contribution in [3.63, 3.8) is 0 Å². The first-order valence-electron chi connectivity index (χ1n) is 9.92. The number of nitrogens with zero attached hydrogens (tertiary/aromatic N) is 1. The number of aryl methyl sites for hydroxylation is 2. The van der Waals surface area contributed by atoms with E-state index in [2.05, 4.69) is 73.5 Å². The van der Waals surface area contributed by atoms with Gasteiger partial charge in [0.1, 0.15) is 12.4 Å². The summed E-state index contributed by atoms with van der Waals surface area (Å²) in [5, 5.41) is 3.58. The third-order valence-corrected chi connectivity index (χ3v) is 5.04. The summed E-state index contributed by atoms with van der Waals surface area (Å²) in [5.74, 6) is 1.01. The topological polar surface area (TPSA) is 33.7 Å². The van der Waals surface area contributed by atoms with Crippen molar-refractivity contribution < 1.29 is 9.47 Å². The zero-order chi connectivity index (χ0) is 19.1. The minimum absolute atomic E-state index is 0.284. The van der Waals surface area contributed by atoms with Crippen LogP contribution >= 0.6 is 0 Å². The fourth-order valence-corrected chi connectivity index (χ4v) is 3.44. The summed E-state index contributed by atoms with van der Waals surface area (Å²) in [6, 6.07) is 15.4. The lowest BCUT2D eigenvalue weighted by Crippen LogP contribution is -2.35. The van der Waals surface area contributed by atoms with Crippen molar-refractivity contribution in [2.75, 3.05) is 32.9 Å². The van der Waals surface area contributed by atoms with Gasteiger partial charge in [0.2, 0.25) is 0 Å². The largest absolute Gasteiger partial charge is 0.491 e. The molecule has 3 rings (SSSR count). The summed E-state index contributed by atoms with van der Waals surface area (Å²) in [7, 11) is 0. The molecule has 0 aliphatic carbocycles. The van der Waals surface area contributed by atoms with Gasteiger partial charge in [0.05, 0.1) is 13.2 Å². The van der Waals surface area contributed by atoms with Crippen LogP contribution in [-0.4, -0.2) is 43.9 Å². The Morgan fingerprint density at radius 2 is 1.70 bits per heavy atom. The molecule has 146 valence electrons. The molecule has 1 saturated heterocycles. The van der Waals surface area contributed by atoms with Crippen LogP contribution in [-0.2, 0) is 17.8 Å². The van der Waals surface area contributed by atoms with Crippen LogP contribution in [0.25, 0.3) is 0 Å². The number of hydrogen-bond donors (Lipinski definition) is 1. The fourth-order valence-electron chi connectivity index (χ4n) is 3.44. The Labute approximate surface area is 163 Å².